The van der Waals surface area contributed by atoms with Gasteiger partial charge in [0.05, 0.1) is 11.4 Å². The van der Waals surface area contributed by atoms with Crippen LogP contribution in [-0.4, -0.2) is 46.5 Å². The number of phenols is 1. The zero-order valence-electron chi connectivity index (χ0n) is 14.4. The molecule has 26 heavy (non-hydrogen) atoms. The van der Waals surface area contributed by atoms with E-state index in [2.05, 4.69) is 0 Å². The van der Waals surface area contributed by atoms with E-state index < -0.39 is 18.4 Å². The number of carbonyl (C=O) groups is 3. The number of benzene rings is 1. The number of aliphatic carboxylic acids is 1. The Hall–Kier alpha value is -3.29. The molecule has 3 rings (SSSR count). The minimum Gasteiger partial charge on any atom is -0.507 e. The van der Waals surface area contributed by atoms with Crippen LogP contribution in [0.2, 0.25) is 0 Å². The molecule has 2 aliphatic rings. The van der Waals surface area contributed by atoms with Crippen LogP contribution in [0.15, 0.2) is 35.7 Å². The van der Waals surface area contributed by atoms with E-state index in [0.717, 1.165) is 11.3 Å². The van der Waals surface area contributed by atoms with Crippen molar-refractivity contribution in [3.8, 4) is 11.5 Å². The third-order valence-corrected chi connectivity index (χ3v) is 4.17. The van der Waals surface area contributed by atoms with Crippen LogP contribution in [0.25, 0.3) is 0 Å². The molecule has 1 aliphatic carbocycles. The molecular formula is C18H18N2O6. The Kier molecular flexibility index (Phi) is 4.41. The fraction of sp³-hybridized carbons (Fsp3) is 0.278. The molecular weight excluding hydrogens is 340 g/mol. The number of amides is 2. The Labute approximate surface area is 149 Å². The van der Waals surface area contributed by atoms with Gasteiger partial charge in [-0.1, -0.05) is 6.08 Å². The highest BCUT2D eigenvalue weighted by atomic mass is 16.5. The fourth-order valence-corrected chi connectivity index (χ4v) is 3.04. The highest BCUT2D eigenvalue weighted by Crippen LogP contribution is 2.45. The van der Waals surface area contributed by atoms with E-state index in [-0.39, 0.29) is 23.0 Å². The molecule has 0 atom stereocenters. The molecule has 0 aromatic heterocycles. The van der Waals surface area contributed by atoms with Crippen molar-refractivity contribution >= 4 is 23.5 Å². The van der Waals surface area contributed by atoms with E-state index in [1.807, 2.05) is 6.08 Å². The molecule has 8 nitrogen and oxygen atoms in total. The molecule has 0 fully saturated rings. The maximum atomic E-state index is 12.7. The molecule has 0 spiro atoms. The second kappa shape index (κ2) is 6.55. The molecule has 0 saturated heterocycles. The van der Waals surface area contributed by atoms with Crippen LogP contribution in [0.4, 0.5) is 5.69 Å². The van der Waals surface area contributed by atoms with E-state index in [9.17, 15) is 19.5 Å². The first-order valence-electron chi connectivity index (χ1n) is 8.02. The van der Waals surface area contributed by atoms with Gasteiger partial charge in [-0.15, -0.1) is 0 Å². The Morgan fingerprint density at radius 2 is 2.04 bits per heavy atom. The molecule has 8 heteroatoms. The largest absolute Gasteiger partial charge is 0.507 e. The number of nitrogens with zero attached hydrogens (tertiary/aromatic N) is 2. The van der Waals surface area contributed by atoms with Gasteiger partial charge in [-0.25, -0.2) is 0 Å². The van der Waals surface area contributed by atoms with Gasteiger partial charge < -0.3 is 19.8 Å². The van der Waals surface area contributed by atoms with Crippen molar-refractivity contribution in [2.45, 2.75) is 19.8 Å². The van der Waals surface area contributed by atoms with E-state index in [1.165, 1.54) is 31.0 Å². The molecule has 1 heterocycles. The molecule has 0 bridgehead atoms. The zero-order valence-corrected chi connectivity index (χ0v) is 14.4. The number of carboxylic acids is 1. The van der Waals surface area contributed by atoms with Gasteiger partial charge in [0.15, 0.2) is 5.75 Å². The number of ether oxygens (including phenoxy) is 1. The van der Waals surface area contributed by atoms with Crippen molar-refractivity contribution in [1.82, 2.24) is 4.90 Å². The van der Waals surface area contributed by atoms with Crippen molar-refractivity contribution < 1.29 is 29.3 Å². The van der Waals surface area contributed by atoms with Crippen molar-refractivity contribution in [2.24, 2.45) is 0 Å². The predicted molar refractivity (Wildman–Crippen MR) is 91.9 cm³/mol. The molecule has 136 valence electrons. The lowest BCUT2D eigenvalue weighted by atomic mass is 10.0. The lowest BCUT2D eigenvalue weighted by molar-refractivity contribution is -0.137. The van der Waals surface area contributed by atoms with Crippen molar-refractivity contribution in [2.75, 3.05) is 18.5 Å². The fourth-order valence-electron chi connectivity index (χ4n) is 3.04. The molecule has 1 aromatic rings. The normalized spacial score (nSPS) is 15.1. The summed E-state index contributed by atoms with van der Waals surface area (Å²) >= 11 is 0. The van der Waals surface area contributed by atoms with Gasteiger partial charge in [-0.3, -0.25) is 19.3 Å². The number of fused-ring (bicyclic) bond motifs is 1. The summed E-state index contributed by atoms with van der Waals surface area (Å²) in [5, 5.41) is 19.1. The summed E-state index contributed by atoms with van der Waals surface area (Å²) < 4.78 is 5.88. The second-order valence-electron chi connectivity index (χ2n) is 6.07. The van der Waals surface area contributed by atoms with E-state index in [0.29, 0.717) is 23.6 Å². The van der Waals surface area contributed by atoms with Crippen molar-refractivity contribution in [3.05, 3.63) is 41.3 Å². The maximum absolute atomic E-state index is 12.7. The molecule has 1 aliphatic heterocycles. The quantitative estimate of drug-likeness (QED) is 0.854. The number of allylic oxidation sites excluding steroid dienone is 3. The van der Waals surface area contributed by atoms with Gasteiger partial charge in [0.2, 0.25) is 5.91 Å². The topological polar surface area (TPSA) is 107 Å². The number of phenolic OH excluding ortho intramolecular Hbond substituents is 1. The number of rotatable bonds is 3. The van der Waals surface area contributed by atoms with Gasteiger partial charge in [-0.05, 0) is 24.6 Å². The minimum atomic E-state index is -1.18. The zero-order chi connectivity index (χ0) is 19.0. The monoisotopic (exact) mass is 358 g/mol. The summed E-state index contributed by atoms with van der Waals surface area (Å²) in [6.45, 7) is 0.863. The van der Waals surface area contributed by atoms with Gasteiger partial charge >= 0.3 is 5.97 Å². The van der Waals surface area contributed by atoms with Crippen LogP contribution < -0.4 is 9.64 Å². The predicted octanol–water partition coefficient (Wildman–Crippen LogP) is 1.86. The van der Waals surface area contributed by atoms with Gasteiger partial charge in [0.1, 0.15) is 23.6 Å². The van der Waals surface area contributed by atoms with Gasteiger partial charge in [0, 0.05) is 20.4 Å². The first-order valence-corrected chi connectivity index (χ1v) is 8.02. The number of aromatic hydroxyl groups is 1. The summed E-state index contributed by atoms with van der Waals surface area (Å²) in [6, 6.07) is 2.78. The number of carboxylic acid groups (broad SMARTS) is 1. The molecule has 0 radical (unpaired) electrons. The third kappa shape index (κ3) is 2.90. The van der Waals surface area contributed by atoms with Gasteiger partial charge in [-0.2, -0.15) is 0 Å². The Balaban J connectivity index is 2.14. The van der Waals surface area contributed by atoms with Crippen LogP contribution in [-0.2, 0) is 9.59 Å². The smallest absolute Gasteiger partial charge is 0.323 e. The van der Waals surface area contributed by atoms with E-state index >= 15 is 0 Å². The Bertz CT molecular complexity index is 871. The molecule has 2 N–H and O–H groups in total. The van der Waals surface area contributed by atoms with Crippen LogP contribution in [0.3, 0.4) is 0 Å². The minimum absolute atomic E-state index is 0.0523. The average molecular weight is 358 g/mol. The third-order valence-electron chi connectivity index (χ3n) is 4.17. The first kappa shape index (κ1) is 17.5. The SMILES string of the molecule is CC(=O)N1C2=C(CCC=C2)Oc2c1ccc(O)c2C(=O)N(C)CC(=O)O. The second-order valence-corrected chi connectivity index (χ2v) is 6.07. The summed E-state index contributed by atoms with van der Waals surface area (Å²) in [5.41, 5.74) is 0.755. The molecule has 0 saturated carbocycles. The van der Waals surface area contributed by atoms with E-state index in [1.54, 1.807) is 6.08 Å². The van der Waals surface area contributed by atoms with Crippen LogP contribution in [0.1, 0.15) is 30.1 Å². The number of likely N-dealkylation sites (N-methyl/N-ethyl adjacent to an activating group) is 1. The van der Waals surface area contributed by atoms with Crippen molar-refractivity contribution in [3.63, 3.8) is 0 Å². The highest BCUT2D eigenvalue weighted by molar-refractivity contribution is 6.06. The Morgan fingerprint density at radius 1 is 1.31 bits per heavy atom. The Morgan fingerprint density at radius 3 is 2.69 bits per heavy atom. The van der Waals surface area contributed by atoms with Crippen LogP contribution in [0, 0.1) is 0 Å². The summed E-state index contributed by atoms with van der Waals surface area (Å²) in [5.74, 6) is -1.92. The first-order chi connectivity index (χ1) is 12.3. The van der Waals surface area contributed by atoms with Crippen LogP contribution in [0.5, 0.6) is 11.5 Å². The summed E-state index contributed by atoms with van der Waals surface area (Å²) in [6.07, 6.45) is 4.98. The lowest BCUT2D eigenvalue weighted by Gasteiger charge is -2.34. The summed E-state index contributed by atoms with van der Waals surface area (Å²) in [7, 11) is 1.31. The number of anilines is 1. The molecule has 1 aromatic carbocycles. The average Bonchev–Trinajstić information content (AvgIpc) is 2.58. The van der Waals surface area contributed by atoms with E-state index in [4.69, 9.17) is 9.84 Å². The number of hydrogen-bond donors (Lipinski definition) is 2. The number of hydrogen-bond acceptors (Lipinski definition) is 5. The van der Waals surface area contributed by atoms with Crippen LogP contribution >= 0.6 is 0 Å². The lowest BCUT2D eigenvalue weighted by Crippen LogP contribution is -2.35. The van der Waals surface area contributed by atoms with Gasteiger partial charge in [0.25, 0.3) is 5.91 Å². The standard InChI is InChI=1S/C18H18N2O6/c1-10(21)20-11-5-3-4-6-14(11)26-17-12(20)7-8-13(22)16(17)18(25)19(2)9-15(23)24/h3,5,7-8,22H,4,6,9H2,1-2H3,(H,23,24). The van der Waals surface area contributed by atoms with Crippen molar-refractivity contribution in [1.29, 1.82) is 0 Å². The number of carbonyl (C=O) groups excluding carboxylic acids is 2. The highest BCUT2D eigenvalue weighted by Gasteiger charge is 2.34. The maximum Gasteiger partial charge on any atom is 0.323 e. The molecule has 0 unspecified atom stereocenters. The molecule has 2 amide bonds. The summed E-state index contributed by atoms with van der Waals surface area (Å²) in [4.78, 5) is 38.2.